The number of carboxylic acid groups (broad SMARTS) is 1. The van der Waals surface area contributed by atoms with Gasteiger partial charge in [0.15, 0.2) is 19.8 Å². The summed E-state index contributed by atoms with van der Waals surface area (Å²) in [6, 6.07) is 1.72. The lowest BCUT2D eigenvalue weighted by atomic mass is 9.92. The minimum atomic E-state index is -3.10. The summed E-state index contributed by atoms with van der Waals surface area (Å²) in [5.41, 5.74) is 5.77. The van der Waals surface area contributed by atoms with Crippen LogP contribution in [-0.4, -0.2) is 90.9 Å². The molecule has 1 amide bonds. The van der Waals surface area contributed by atoms with E-state index in [1.54, 1.807) is 0 Å². The molecule has 2 unspecified atom stereocenters. The Labute approximate surface area is 298 Å². The number of ether oxygens (including phenoxy) is 1. The summed E-state index contributed by atoms with van der Waals surface area (Å²) < 4.78 is 37.0. The van der Waals surface area contributed by atoms with Gasteiger partial charge in [0.05, 0.1) is 12.2 Å². The lowest BCUT2D eigenvalue weighted by Gasteiger charge is -2.28. The fourth-order valence-corrected chi connectivity index (χ4v) is 6.25. The Hall–Kier alpha value is -4.14. The van der Waals surface area contributed by atoms with Crippen molar-refractivity contribution < 1.29 is 33.3 Å². The molecule has 50 heavy (non-hydrogen) atoms. The predicted molar refractivity (Wildman–Crippen MR) is 190 cm³/mol. The molecule has 16 nitrogen and oxygen atoms in total. The van der Waals surface area contributed by atoms with Crippen molar-refractivity contribution in [3.05, 3.63) is 33.9 Å². The number of amides is 1. The van der Waals surface area contributed by atoms with Gasteiger partial charge in [-0.05, 0) is 43.4 Å². The van der Waals surface area contributed by atoms with E-state index in [2.05, 4.69) is 54.7 Å². The van der Waals surface area contributed by atoms with Gasteiger partial charge in [0.2, 0.25) is 22.0 Å². The number of aromatic nitrogens is 5. The number of fused-ring (bicyclic) bond motifs is 2. The van der Waals surface area contributed by atoms with Gasteiger partial charge < -0.3 is 35.7 Å². The summed E-state index contributed by atoms with van der Waals surface area (Å²) >= 11 is 6.92. The normalized spacial score (nSPS) is 16.2. The highest BCUT2D eigenvalue weighted by atomic mass is 35.5. The zero-order valence-corrected chi connectivity index (χ0v) is 30.8. The molecule has 0 saturated heterocycles. The summed E-state index contributed by atoms with van der Waals surface area (Å²) in [5, 5.41) is 14.4. The molecule has 0 bridgehead atoms. The van der Waals surface area contributed by atoms with E-state index in [4.69, 9.17) is 38.5 Å². The number of carbonyl (C=O) groups excluding carboxylic acids is 1. The maximum absolute atomic E-state index is 14.5. The van der Waals surface area contributed by atoms with Gasteiger partial charge in [-0.2, -0.15) is 19.3 Å². The number of carbonyl (C=O) groups is 2. The van der Waals surface area contributed by atoms with Crippen molar-refractivity contribution in [1.29, 1.82) is 0 Å². The minimum Gasteiger partial charge on any atom is -0.481 e. The van der Waals surface area contributed by atoms with Gasteiger partial charge in [0, 0.05) is 56.5 Å². The van der Waals surface area contributed by atoms with Crippen LogP contribution in [0.1, 0.15) is 39.9 Å². The molecule has 1 aromatic carbocycles. The van der Waals surface area contributed by atoms with Crippen LogP contribution in [-0.2, 0) is 27.1 Å². The molecule has 20 heteroatoms. The molecule has 272 valence electrons. The van der Waals surface area contributed by atoms with Crippen LogP contribution in [0, 0.1) is 23.6 Å². The molecule has 0 aliphatic carbocycles. The summed E-state index contributed by atoms with van der Waals surface area (Å²) in [6.45, 7) is 11.7. The smallest absolute Gasteiger partial charge is 0.320 e. The molecular weight excluding hydrogens is 714 g/mol. The Morgan fingerprint density at radius 2 is 1.92 bits per heavy atom. The lowest BCUT2D eigenvalue weighted by molar-refractivity contribution is -0.138. The molecule has 0 radical (unpaired) electrons. The average molecular weight is 755 g/mol. The van der Waals surface area contributed by atoms with E-state index in [0.717, 1.165) is 31.9 Å². The predicted octanol–water partition coefficient (Wildman–Crippen LogP) is 3.33. The molecule has 2 aliphatic heterocycles. The van der Waals surface area contributed by atoms with Crippen LogP contribution in [0.4, 0.5) is 27.7 Å². The Morgan fingerprint density at radius 3 is 2.48 bits per heavy atom. The molecule has 4 heterocycles. The zero-order chi connectivity index (χ0) is 37.2. The van der Waals surface area contributed by atoms with Gasteiger partial charge in [0.25, 0.3) is 5.91 Å². The third-order valence-electron chi connectivity index (χ3n) is 6.88. The molecule has 3 aromatic rings. The van der Waals surface area contributed by atoms with Gasteiger partial charge in [-0.15, -0.1) is 6.42 Å². The first-order chi connectivity index (χ1) is 23.5. The summed E-state index contributed by atoms with van der Waals surface area (Å²) in [7, 11) is -3.10. The zero-order valence-electron chi connectivity index (χ0n) is 28.3. The molecule has 2 aromatic heterocycles. The van der Waals surface area contributed by atoms with Crippen LogP contribution in [0.2, 0.25) is 5.28 Å². The van der Waals surface area contributed by atoms with Gasteiger partial charge >= 0.3 is 5.97 Å². The van der Waals surface area contributed by atoms with Crippen molar-refractivity contribution in [2.75, 3.05) is 54.6 Å². The van der Waals surface area contributed by atoms with Crippen molar-refractivity contribution in [2.45, 2.75) is 53.1 Å². The van der Waals surface area contributed by atoms with E-state index in [1.165, 1.54) is 35.2 Å². The molecule has 5 rings (SSSR count). The maximum atomic E-state index is 14.5. The van der Waals surface area contributed by atoms with Crippen molar-refractivity contribution in [2.24, 2.45) is 16.1 Å². The second kappa shape index (κ2) is 17.7. The van der Waals surface area contributed by atoms with Crippen molar-refractivity contribution >= 4 is 65.7 Å². The molecule has 0 spiro atoms. The minimum absolute atomic E-state index is 0.0412. The number of nitrogens with zero attached hydrogens (tertiary/aromatic N) is 7. The van der Waals surface area contributed by atoms with Crippen LogP contribution in [0.15, 0.2) is 17.1 Å². The highest BCUT2D eigenvalue weighted by Gasteiger charge is 2.31. The van der Waals surface area contributed by atoms with E-state index in [-0.39, 0.29) is 48.0 Å². The fraction of sp³-hybridized carbons (Fsp3) is 0.500. The highest BCUT2D eigenvalue weighted by molar-refractivity contribution is 7.57. The Kier molecular flexibility index (Phi) is 14.2. The van der Waals surface area contributed by atoms with Gasteiger partial charge in [-0.1, -0.05) is 19.8 Å². The number of rotatable bonds is 10. The molecule has 6 N–H and O–H groups in total. The third-order valence-corrected chi connectivity index (χ3v) is 8.92. The number of halogens is 2. The number of carboxylic acids is 1. The van der Waals surface area contributed by atoms with Crippen LogP contribution >= 0.6 is 30.5 Å². The van der Waals surface area contributed by atoms with Gasteiger partial charge in [0.1, 0.15) is 23.3 Å². The second-order valence-electron chi connectivity index (χ2n) is 12.0. The van der Waals surface area contributed by atoms with Gasteiger partial charge in [-0.25, -0.2) is 9.38 Å². The number of terminal acetylenes is 1. The van der Waals surface area contributed by atoms with E-state index < -0.39 is 25.2 Å². The standard InChI is InChI=1S/C18H17FN4O2S.C7H12ClN5.C5H12NO4P/c1-4-5-22-13-7-12(11(19)6-14(13)25-9-16(22)24)20-17-23-10-18(2,3)8-15(23)21-26-17;1-3-9-6-11-5(8)12-7(13-6)10-4-2;1-11(9,10)3-2-4(6)5(7)8/h1,6-7H,5,8-10H2,2-3H3;3-4H2,1-2H3,(H2,9,10,11,12,13);4H,2-3,6H2,1H3,(H,7,8)(H,9,10)/b20-17-;;. The number of hydrogen-bond acceptors (Lipinski definition) is 13. The summed E-state index contributed by atoms with van der Waals surface area (Å²) in [6.07, 6.45) is 6.22. The number of hydrogen-bond donors (Lipinski definition) is 5. The molecule has 2 aliphatic rings. The van der Waals surface area contributed by atoms with E-state index >= 15 is 0 Å². The first-order valence-electron chi connectivity index (χ1n) is 15.4. The van der Waals surface area contributed by atoms with Crippen LogP contribution in [0.25, 0.3) is 0 Å². The number of nitrogens with two attached hydrogens (primary N) is 1. The fourth-order valence-electron chi connectivity index (χ4n) is 4.57. The van der Waals surface area contributed by atoms with Crippen LogP contribution in [0.3, 0.4) is 0 Å². The first kappa shape index (κ1) is 40.3. The monoisotopic (exact) mass is 754 g/mol. The molecule has 0 saturated carbocycles. The number of aliphatic carboxylic acids is 1. The number of benzene rings is 1. The Bertz CT molecular complexity index is 1820. The summed E-state index contributed by atoms with van der Waals surface area (Å²) in [4.78, 5) is 49.3. The van der Waals surface area contributed by atoms with E-state index in [9.17, 15) is 18.5 Å². The van der Waals surface area contributed by atoms with E-state index in [0.29, 0.717) is 28.1 Å². The Balaban J connectivity index is 0.000000236. The highest BCUT2D eigenvalue weighted by Crippen LogP contribution is 2.38. The number of anilines is 3. The quantitative estimate of drug-likeness (QED) is 0.148. The second-order valence-corrected chi connectivity index (χ2v) is 15.6. The third kappa shape index (κ3) is 11.7. The summed E-state index contributed by atoms with van der Waals surface area (Å²) in [5.74, 6) is 2.78. The number of nitrogens with one attached hydrogen (secondary N) is 2. The maximum Gasteiger partial charge on any atom is 0.320 e. The van der Waals surface area contributed by atoms with Crippen molar-refractivity contribution in [1.82, 2.24) is 23.9 Å². The van der Waals surface area contributed by atoms with Crippen LogP contribution < -0.4 is 30.8 Å². The van der Waals surface area contributed by atoms with Crippen LogP contribution in [0.5, 0.6) is 5.75 Å². The Morgan fingerprint density at radius 1 is 1.28 bits per heavy atom. The van der Waals surface area contributed by atoms with E-state index in [1.807, 2.05) is 18.4 Å². The molecule has 2 atom stereocenters. The van der Waals surface area contributed by atoms with Crippen molar-refractivity contribution in [3.8, 4) is 18.1 Å². The molecular formula is C30H41ClFN10O6PS. The lowest BCUT2D eigenvalue weighted by Crippen LogP contribution is -2.39. The van der Waals surface area contributed by atoms with Gasteiger partial charge in [-0.3, -0.25) is 19.1 Å². The average Bonchev–Trinajstić information content (AvgIpc) is 3.53. The molecule has 0 fully saturated rings. The largest absolute Gasteiger partial charge is 0.481 e. The van der Waals surface area contributed by atoms with Crippen molar-refractivity contribution in [3.63, 3.8) is 0 Å². The topological polar surface area (TPSA) is 223 Å². The SMILES string of the molecule is C#CCN1C(=O)COc2cc(F)c(/N=c3\snc4n3CC(C)(C)C4)cc21.CCNc1nc(Cl)nc(NCC)n1.CP(=O)(O)CCC(N)C(=O)O. The first-order valence-corrected chi connectivity index (χ1v) is 18.9.